The predicted molar refractivity (Wildman–Crippen MR) is 39.4 cm³/mol. The summed E-state index contributed by atoms with van der Waals surface area (Å²) < 4.78 is 28.7. The summed E-state index contributed by atoms with van der Waals surface area (Å²) in [5, 5.41) is 0. The van der Waals surface area contributed by atoms with E-state index in [1.165, 1.54) is 10.6 Å². The first-order chi connectivity index (χ1) is 5.11. The first-order valence-corrected chi connectivity index (χ1v) is 5.55. The zero-order chi connectivity index (χ0) is 8.06. The van der Waals surface area contributed by atoms with E-state index in [9.17, 15) is 8.42 Å². The summed E-state index contributed by atoms with van der Waals surface area (Å²) in [6, 6.07) is 0.152. The van der Waals surface area contributed by atoms with Crippen molar-refractivity contribution < 1.29 is 13.2 Å². The topological polar surface area (TPSA) is 46.4 Å². The fourth-order valence-electron chi connectivity index (χ4n) is 1.62. The van der Waals surface area contributed by atoms with Crippen LogP contribution in [0.4, 0.5) is 0 Å². The molecule has 2 aliphatic rings. The number of ether oxygens (including phenoxy) is 1. The molecule has 5 heteroatoms. The smallest absolute Gasteiger partial charge is 0.213 e. The molecule has 11 heavy (non-hydrogen) atoms. The molecule has 0 aromatic carbocycles. The summed E-state index contributed by atoms with van der Waals surface area (Å²) in [4.78, 5) is 0. The van der Waals surface area contributed by atoms with Crippen molar-refractivity contribution in [2.24, 2.45) is 0 Å². The van der Waals surface area contributed by atoms with Crippen molar-refractivity contribution in [1.82, 2.24) is 4.31 Å². The highest BCUT2D eigenvalue weighted by molar-refractivity contribution is 7.88. The summed E-state index contributed by atoms with van der Waals surface area (Å²) in [7, 11) is -3.00. The third kappa shape index (κ3) is 1.17. The average Bonchev–Trinajstić information content (AvgIpc) is 2.58. The van der Waals surface area contributed by atoms with Gasteiger partial charge in [-0.3, -0.25) is 0 Å². The highest BCUT2D eigenvalue weighted by atomic mass is 32.2. The molecule has 2 saturated heterocycles. The van der Waals surface area contributed by atoms with Gasteiger partial charge in [-0.1, -0.05) is 0 Å². The second-order valence-corrected chi connectivity index (χ2v) is 4.95. The molecule has 64 valence electrons. The van der Waals surface area contributed by atoms with E-state index in [2.05, 4.69) is 0 Å². The van der Waals surface area contributed by atoms with E-state index in [1.54, 1.807) is 0 Å². The summed E-state index contributed by atoms with van der Waals surface area (Å²) in [6.45, 7) is 0.702. The monoisotopic (exact) mass is 177 g/mol. The van der Waals surface area contributed by atoms with E-state index in [-0.39, 0.29) is 12.3 Å². The van der Waals surface area contributed by atoms with Crippen molar-refractivity contribution in [3.8, 4) is 0 Å². The molecular formula is C6H11NO3S. The molecule has 2 fully saturated rings. The second kappa shape index (κ2) is 2.18. The Kier molecular flexibility index (Phi) is 1.49. The Labute approximate surface area is 66.2 Å². The van der Waals surface area contributed by atoms with Gasteiger partial charge in [0.2, 0.25) is 10.0 Å². The average molecular weight is 177 g/mol. The van der Waals surface area contributed by atoms with E-state index in [1.807, 2.05) is 0 Å². The van der Waals surface area contributed by atoms with Gasteiger partial charge in [0.15, 0.2) is 0 Å². The molecule has 0 saturated carbocycles. The van der Waals surface area contributed by atoms with Crippen LogP contribution in [-0.4, -0.2) is 37.9 Å². The van der Waals surface area contributed by atoms with Crippen LogP contribution in [0.1, 0.15) is 12.8 Å². The Morgan fingerprint density at radius 3 is 2.73 bits per heavy atom. The third-order valence-corrected chi connectivity index (χ3v) is 3.38. The number of hydrogen-bond acceptors (Lipinski definition) is 3. The zero-order valence-corrected chi connectivity index (χ0v) is 7.17. The lowest BCUT2D eigenvalue weighted by molar-refractivity contribution is 0.0788. The molecule has 0 radical (unpaired) electrons. The van der Waals surface area contributed by atoms with Crippen LogP contribution in [0.15, 0.2) is 0 Å². The van der Waals surface area contributed by atoms with Gasteiger partial charge < -0.3 is 4.74 Å². The molecule has 2 aliphatic heterocycles. The van der Waals surface area contributed by atoms with E-state index in [0.29, 0.717) is 6.61 Å². The third-order valence-electron chi connectivity index (χ3n) is 2.13. The van der Waals surface area contributed by atoms with Gasteiger partial charge in [0.25, 0.3) is 0 Å². The lowest BCUT2D eigenvalue weighted by atomic mass is 10.2. The maximum absolute atomic E-state index is 11.0. The summed E-state index contributed by atoms with van der Waals surface area (Å²) in [6.07, 6.45) is 3.04. The van der Waals surface area contributed by atoms with Crippen LogP contribution in [0.3, 0.4) is 0 Å². The van der Waals surface area contributed by atoms with Crippen LogP contribution in [0.5, 0.6) is 0 Å². The van der Waals surface area contributed by atoms with Gasteiger partial charge in [-0.15, -0.1) is 0 Å². The predicted octanol–water partition coefficient (Wildman–Crippen LogP) is -0.233. The van der Waals surface area contributed by atoms with Crippen LogP contribution >= 0.6 is 0 Å². The maximum Gasteiger partial charge on any atom is 0.213 e. The van der Waals surface area contributed by atoms with Crippen molar-refractivity contribution in [2.75, 3.05) is 12.9 Å². The molecule has 1 unspecified atom stereocenters. The molecule has 2 heterocycles. The summed E-state index contributed by atoms with van der Waals surface area (Å²) >= 11 is 0. The first kappa shape index (κ1) is 7.52. The van der Waals surface area contributed by atoms with Crippen molar-refractivity contribution in [3.63, 3.8) is 0 Å². The largest absolute Gasteiger partial charge is 0.360 e. The van der Waals surface area contributed by atoms with E-state index >= 15 is 0 Å². The molecule has 2 rings (SSSR count). The van der Waals surface area contributed by atoms with Crippen LogP contribution in [0, 0.1) is 0 Å². The quantitative estimate of drug-likeness (QED) is 0.520. The van der Waals surface area contributed by atoms with Gasteiger partial charge in [-0.25, -0.2) is 8.42 Å². The van der Waals surface area contributed by atoms with Gasteiger partial charge in [-0.05, 0) is 12.8 Å². The fraction of sp³-hybridized carbons (Fsp3) is 1.00. The van der Waals surface area contributed by atoms with Gasteiger partial charge in [0, 0.05) is 6.61 Å². The number of rotatable bonds is 1. The van der Waals surface area contributed by atoms with Gasteiger partial charge in [-0.2, -0.15) is 4.31 Å². The molecule has 4 nitrogen and oxygen atoms in total. The Morgan fingerprint density at radius 2 is 2.27 bits per heavy atom. The lowest BCUT2D eigenvalue weighted by Crippen LogP contribution is -2.13. The normalized spacial score (nSPS) is 43.2. The Bertz CT molecular complexity index is 249. The van der Waals surface area contributed by atoms with Crippen LogP contribution in [-0.2, 0) is 14.8 Å². The first-order valence-electron chi connectivity index (χ1n) is 3.71. The number of nitrogens with zero attached hydrogens (tertiary/aromatic N) is 1. The molecule has 0 aromatic rings. The molecular weight excluding hydrogens is 166 g/mol. The van der Waals surface area contributed by atoms with E-state index < -0.39 is 10.0 Å². The highest BCUT2D eigenvalue weighted by Gasteiger charge is 2.55. The van der Waals surface area contributed by atoms with Crippen molar-refractivity contribution in [2.45, 2.75) is 25.1 Å². The summed E-state index contributed by atoms with van der Waals surface area (Å²) in [5.41, 5.74) is 0. The number of sulfonamides is 1. The van der Waals surface area contributed by atoms with Crippen LogP contribution in [0.2, 0.25) is 0 Å². The second-order valence-electron chi connectivity index (χ2n) is 3.06. The standard InChI is InChI=1S/C6H11NO3S/c1-11(8,9)7-5-3-2-4-10-6(5)7/h5-6H,2-4H2,1H3/t5-,6-,7?/m1/s1. The Morgan fingerprint density at radius 1 is 1.55 bits per heavy atom. The highest BCUT2D eigenvalue weighted by Crippen LogP contribution is 2.38. The number of fused-ring (bicyclic) bond motifs is 1. The van der Waals surface area contributed by atoms with Gasteiger partial charge in [0.05, 0.1) is 12.3 Å². The molecule has 0 aromatic heterocycles. The van der Waals surface area contributed by atoms with Crippen LogP contribution in [0.25, 0.3) is 0 Å². The van der Waals surface area contributed by atoms with Crippen molar-refractivity contribution in [1.29, 1.82) is 0 Å². The maximum atomic E-state index is 11.0. The zero-order valence-electron chi connectivity index (χ0n) is 6.36. The van der Waals surface area contributed by atoms with Gasteiger partial charge in [0.1, 0.15) is 6.23 Å². The Balaban J connectivity index is 2.12. The molecule has 0 amide bonds. The number of hydrogen-bond donors (Lipinski definition) is 0. The molecule has 0 spiro atoms. The van der Waals surface area contributed by atoms with Crippen molar-refractivity contribution >= 4 is 10.0 Å². The summed E-state index contributed by atoms with van der Waals surface area (Å²) in [5.74, 6) is 0. The minimum atomic E-state index is -3.00. The molecule has 3 atom stereocenters. The minimum absolute atomic E-state index is 0.126. The lowest BCUT2D eigenvalue weighted by Gasteiger charge is -2.04. The minimum Gasteiger partial charge on any atom is -0.360 e. The Hall–Kier alpha value is -0.130. The van der Waals surface area contributed by atoms with Crippen molar-refractivity contribution in [3.05, 3.63) is 0 Å². The molecule has 0 bridgehead atoms. The van der Waals surface area contributed by atoms with E-state index in [0.717, 1.165) is 12.8 Å². The molecule has 0 N–H and O–H groups in total. The fourth-order valence-corrected chi connectivity index (χ4v) is 2.85. The molecule has 0 aliphatic carbocycles. The van der Waals surface area contributed by atoms with Crippen LogP contribution < -0.4 is 0 Å². The SMILES string of the molecule is CS(=O)(=O)N1[C@@H]2CCCO[C@H]21. The van der Waals surface area contributed by atoms with E-state index in [4.69, 9.17) is 4.74 Å². The van der Waals surface area contributed by atoms with Gasteiger partial charge >= 0.3 is 0 Å².